The highest BCUT2D eigenvalue weighted by Gasteiger charge is 2.13. The number of hydrogen-bond acceptors (Lipinski definition) is 5. The molecule has 1 aromatic carbocycles. The standard InChI is InChI=1S/C15H13N3O3/c1-20-14-5-3-11(8-17-14)18-15(19)13-7-9-6-10(16)2-4-12(9)21-13/h2-8H,16H2,1H3,(H,18,19). The van der Waals surface area contributed by atoms with E-state index in [4.69, 9.17) is 14.9 Å². The molecule has 0 radical (unpaired) electrons. The Morgan fingerprint density at radius 1 is 1.29 bits per heavy atom. The number of carbonyl (C=O) groups excluding carboxylic acids is 1. The first-order valence-corrected chi connectivity index (χ1v) is 6.26. The zero-order valence-electron chi connectivity index (χ0n) is 11.3. The highest BCUT2D eigenvalue weighted by Crippen LogP contribution is 2.22. The Morgan fingerprint density at radius 3 is 2.86 bits per heavy atom. The van der Waals surface area contributed by atoms with Gasteiger partial charge in [0.15, 0.2) is 5.76 Å². The molecule has 0 bridgehead atoms. The summed E-state index contributed by atoms with van der Waals surface area (Å²) in [6, 6.07) is 10.2. The van der Waals surface area contributed by atoms with Crippen molar-refractivity contribution in [3.05, 3.63) is 48.4 Å². The highest BCUT2D eigenvalue weighted by atomic mass is 16.5. The number of hydrogen-bond donors (Lipinski definition) is 2. The maximum Gasteiger partial charge on any atom is 0.291 e. The largest absolute Gasteiger partial charge is 0.481 e. The molecule has 1 amide bonds. The number of nitrogens with one attached hydrogen (secondary N) is 1. The van der Waals surface area contributed by atoms with E-state index in [0.717, 1.165) is 5.39 Å². The second-order valence-corrected chi connectivity index (χ2v) is 4.45. The predicted octanol–water partition coefficient (Wildman–Crippen LogP) is 2.67. The fourth-order valence-electron chi connectivity index (χ4n) is 1.94. The van der Waals surface area contributed by atoms with E-state index in [-0.39, 0.29) is 11.7 Å². The average Bonchev–Trinajstić information content (AvgIpc) is 2.91. The van der Waals surface area contributed by atoms with Gasteiger partial charge in [-0.2, -0.15) is 0 Å². The lowest BCUT2D eigenvalue weighted by molar-refractivity contribution is 0.0998. The van der Waals surface area contributed by atoms with Crippen LogP contribution < -0.4 is 15.8 Å². The van der Waals surface area contributed by atoms with E-state index >= 15 is 0 Å². The number of aromatic nitrogens is 1. The zero-order valence-corrected chi connectivity index (χ0v) is 11.3. The molecule has 0 aliphatic carbocycles. The first kappa shape index (κ1) is 13.0. The van der Waals surface area contributed by atoms with Crippen molar-refractivity contribution in [3.8, 4) is 5.88 Å². The Labute approximate surface area is 120 Å². The minimum Gasteiger partial charge on any atom is -0.481 e. The number of carbonyl (C=O) groups is 1. The minimum atomic E-state index is -0.350. The molecular weight excluding hydrogens is 270 g/mol. The minimum absolute atomic E-state index is 0.214. The Hall–Kier alpha value is -3.02. The topological polar surface area (TPSA) is 90.4 Å². The number of rotatable bonds is 3. The number of pyridine rings is 1. The normalized spacial score (nSPS) is 10.5. The summed E-state index contributed by atoms with van der Waals surface area (Å²) >= 11 is 0. The first-order valence-electron chi connectivity index (χ1n) is 6.26. The van der Waals surface area contributed by atoms with E-state index in [1.165, 1.54) is 13.3 Å². The van der Waals surface area contributed by atoms with Gasteiger partial charge < -0.3 is 20.2 Å². The monoisotopic (exact) mass is 283 g/mol. The first-order chi connectivity index (χ1) is 10.2. The molecule has 2 heterocycles. The predicted molar refractivity (Wildman–Crippen MR) is 79.4 cm³/mol. The summed E-state index contributed by atoms with van der Waals surface area (Å²) < 4.78 is 10.4. The van der Waals surface area contributed by atoms with E-state index in [0.29, 0.717) is 22.8 Å². The van der Waals surface area contributed by atoms with Crippen LogP contribution in [0.25, 0.3) is 11.0 Å². The van der Waals surface area contributed by atoms with Crippen molar-refractivity contribution in [2.45, 2.75) is 0 Å². The van der Waals surface area contributed by atoms with Gasteiger partial charge in [0.1, 0.15) is 5.58 Å². The second kappa shape index (κ2) is 5.16. The van der Waals surface area contributed by atoms with Gasteiger partial charge in [-0.05, 0) is 30.3 Å². The zero-order chi connectivity index (χ0) is 14.8. The lowest BCUT2D eigenvalue weighted by Crippen LogP contribution is -2.10. The van der Waals surface area contributed by atoms with Gasteiger partial charge in [-0.25, -0.2) is 4.98 Å². The van der Waals surface area contributed by atoms with Crippen molar-refractivity contribution in [2.75, 3.05) is 18.2 Å². The number of fused-ring (bicyclic) bond motifs is 1. The second-order valence-electron chi connectivity index (χ2n) is 4.45. The van der Waals surface area contributed by atoms with Crippen LogP contribution in [0, 0.1) is 0 Å². The molecule has 0 aliphatic rings. The molecule has 106 valence electrons. The molecule has 0 spiro atoms. The molecule has 6 heteroatoms. The third kappa shape index (κ3) is 2.64. The molecule has 0 aliphatic heterocycles. The Balaban J connectivity index is 1.82. The highest BCUT2D eigenvalue weighted by molar-refractivity contribution is 6.04. The Bertz CT molecular complexity index is 794. The van der Waals surface area contributed by atoms with Crippen LogP contribution in [0.2, 0.25) is 0 Å². The third-order valence-corrected chi connectivity index (χ3v) is 2.97. The van der Waals surface area contributed by atoms with Crippen LogP contribution in [0.15, 0.2) is 47.0 Å². The maximum absolute atomic E-state index is 12.1. The summed E-state index contributed by atoms with van der Waals surface area (Å²) in [5.41, 5.74) is 7.49. The van der Waals surface area contributed by atoms with Gasteiger partial charge in [0, 0.05) is 17.1 Å². The van der Waals surface area contributed by atoms with Gasteiger partial charge in [0.05, 0.1) is 19.0 Å². The SMILES string of the molecule is COc1ccc(NC(=O)c2cc3cc(N)ccc3o2)cn1. The number of amides is 1. The van der Waals surface area contributed by atoms with Gasteiger partial charge in [-0.1, -0.05) is 0 Å². The number of nitrogens with zero attached hydrogens (tertiary/aromatic N) is 1. The quantitative estimate of drug-likeness (QED) is 0.721. The van der Waals surface area contributed by atoms with Gasteiger partial charge >= 0.3 is 0 Å². The molecule has 0 unspecified atom stereocenters. The maximum atomic E-state index is 12.1. The van der Waals surface area contributed by atoms with E-state index in [1.54, 1.807) is 36.4 Å². The number of benzene rings is 1. The van der Waals surface area contributed by atoms with E-state index in [9.17, 15) is 4.79 Å². The molecule has 3 rings (SSSR count). The molecule has 3 N–H and O–H groups in total. The summed E-state index contributed by atoms with van der Waals surface area (Å²) in [4.78, 5) is 16.1. The van der Waals surface area contributed by atoms with Crippen molar-refractivity contribution in [3.63, 3.8) is 0 Å². The van der Waals surface area contributed by atoms with E-state index < -0.39 is 0 Å². The van der Waals surface area contributed by atoms with Gasteiger partial charge in [0.25, 0.3) is 5.91 Å². The van der Waals surface area contributed by atoms with Crippen molar-refractivity contribution in [2.24, 2.45) is 0 Å². The summed E-state index contributed by atoms with van der Waals surface area (Å²) in [5, 5.41) is 3.49. The van der Waals surface area contributed by atoms with Crippen LogP contribution in [-0.2, 0) is 0 Å². The van der Waals surface area contributed by atoms with E-state index in [2.05, 4.69) is 10.3 Å². The molecule has 2 aromatic heterocycles. The third-order valence-electron chi connectivity index (χ3n) is 2.97. The number of methoxy groups -OCH3 is 1. The van der Waals surface area contributed by atoms with Crippen LogP contribution in [0.1, 0.15) is 10.6 Å². The van der Waals surface area contributed by atoms with E-state index in [1.807, 2.05) is 0 Å². The number of anilines is 2. The van der Waals surface area contributed by atoms with Crippen LogP contribution in [-0.4, -0.2) is 18.0 Å². The van der Waals surface area contributed by atoms with Crippen LogP contribution in [0.5, 0.6) is 5.88 Å². The fourth-order valence-corrected chi connectivity index (χ4v) is 1.94. The van der Waals surface area contributed by atoms with Crippen LogP contribution in [0.4, 0.5) is 11.4 Å². The molecule has 0 saturated carbocycles. The molecule has 21 heavy (non-hydrogen) atoms. The van der Waals surface area contributed by atoms with Gasteiger partial charge in [0.2, 0.25) is 5.88 Å². The molecular formula is C15H13N3O3. The van der Waals surface area contributed by atoms with Gasteiger partial charge in [-0.15, -0.1) is 0 Å². The average molecular weight is 283 g/mol. The smallest absolute Gasteiger partial charge is 0.291 e. The number of nitrogens with two attached hydrogens (primary N) is 1. The van der Waals surface area contributed by atoms with Crippen LogP contribution >= 0.6 is 0 Å². The lowest BCUT2D eigenvalue weighted by Gasteiger charge is -2.03. The Morgan fingerprint density at radius 2 is 2.14 bits per heavy atom. The summed E-state index contributed by atoms with van der Waals surface area (Å²) in [6.07, 6.45) is 1.51. The van der Waals surface area contributed by atoms with Crippen molar-refractivity contribution < 1.29 is 13.9 Å². The molecule has 6 nitrogen and oxygen atoms in total. The van der Waals surface area contributed by atoms with Crippen molar-refractivity contribution >= 4 is 28.3 Å². The molecule has 0 saturated heterocycles. The summed E-state index contributed by atoms with van der Waals surface area (Å²) in [5.74, 6) is 0.343. The molecule has 3 aromatic rings. The fraction of sp³-hybridized carbons (Fsp3) is 0.0667. The summed E-state index contributed by atoms with van der Waals surface area (Å²) in [6.45, 7) is 0. The number of nitrogen functional groups attached to an aromatic ring is 1. The Kier molecular flexibility index (Phi) is 3.19. The number of ether oxygens (including phenoxy) is 1. The van der Waals surface area contributed by atoms with Crippen molar-refractivity contribution in [1.29, 1.82) is 0 Å². The summed E-state index contributed by atoms with van der Waals surface area (Å²) in [7, 11) is 1.53. The lowest BCUT2D eigenvalue weighted by atomic mass is 10.2. The van der Waals surface area contributed by atoms with Crippen LogP contribution in [0.3, 0.4) is 0 Å². The number of furan rings is 1. The molecule has 0 atom stereocenters. The molecule has 0 fully saturated rings. The van der Waals surface area contributed by atoms with Gasteiger partial charge in [-0.3, -0.25) is 4.79 Å². The van der Waals surface area contributed by atoms with Crippen molar-refractivity contribution in [1.82, 2.24) is 4.98 Å².